The monoisotopic (exact) mass is 340 g/mol. The Balaban J connectivity index is 1.52. The molecule has 0 saturated heterocycles. The van der Waals surface area contributed by atoms with Crippen molar-refractivity contribution in [1.29, 1.82) is 0 Å². The molecule has 2 heterocycles. The second-order valence-electron chi connectivity index (χ2n) is 6.02. The highest BCUT2D eigenvalue weighted by Gasteiger charge is 2.52. The number of anilines is 1. The van der Waals surface area contributed by atoms with Crippen LogP contribution < -0.4 is 5.32 Å². The van der Waals surface area contributed by atoms with Crippen LogP contribution in [-0.4, -0.2) is 20.7 Å². The van der Waals surface area contributed by atoms with E-state index in [1.54, 1.807) is 35.1 Å². The Labute approximate surface area is 142 Å². The molecule has 5 nitrogen and oxygen atoms in total. The highest BCUT2D eigenvalue weighted by atomic mass is 19.1. The Bertz CT molecular complexity index is 915. The van der Waals surface area contributed by atoms with Gasteiger partial charge in [-0.3, -0.25) is 9.78 Å². The predicted molar refractivity (Wildman–Crippen MR) is 87.3 cm³/mol. The fourth-order valence-electron chi connectivity index (χ4n) is 2.75. The van der Waals surface area contributed by atoms with Gasteiger partial charge in [0.25, 0.3) is 0 Å². The Kier molecular flexibility index (Phi) is 3.56. The highest BCUT2D eigenvalue weighted by Crippen LogP contribution is 2.48. The zero-order valence-corrected chi connectivity index (χ0v) is 13.1. The van der Waals surface area contributed by atoms with Crippen molar-refractivity contribution in [2.45, 2.75) is 18.3 Å². The van der Waals surface area contributed by atoms with Crippen LogP contribution in [-0.2, 0) is 10.2 Å². The van der Waals surface area contributed by atoms with Gasteiger partial charge in [0.1, 0.15) is 11.6 Å². The van der Waals surface area contributed by atoms with E-state index in [1.165, 1.54) is 18.2 Å². The molecular weight excluding hydrogens is 326 g/mol. The van der Waals surface area contributed by atoms with Gasteiger partial charge in [-0.25, -0.2) is 13.5 Å². The predicted octanol–water partition coefficient (Wildman–Crippen LogP) is 3.22. The third-order valence-electron chi connectivity index (χ3n) is 4.32. The quantitative estimate of drug-likeness (QED) is 0.793. The van der Waals surface area contributed by atoms with E-state index in [4.69, 9.17) is 0 Å². The summed E-state index contributed by atoms with van der Waals surface area (Å²) in [4.78, 5) is 16.7. The van der Waals surface area contributed by atoms with Gasteiger partial charge in [0.05, 0.1) is 23.0 Å². The smallest absolute Gasteiger partial charge is 0.237 e. The van der Waals surface area contributed by atoms with E-state index in [0.717, 1.165) is 6.20 Å². The number of benzene rings is 1. The van der Waals surface area contributed by atoms with Gasteiger partial charge in [-0.2, -0.15) is 5.10 Å². The number of rotatable bonds is 4. The molecule has 126 valence electrons. The number of hydrogen-bond acceptors (Lipinski definition) is 3. The third-order valence-corrected chi connectivity index (χ3v) is 4.32. The van der Waals surface area contributed by atoms with Crippen LogP contribution in [0.1, 0.15) is 18.5 Å². The summed E-state index contributed by atoms with van der Waals surface area (Å²) in [5.41, 5.74) is 0.528. The van der Waals surface area contributed by atoms with E-state index < -0.39 is 11.2 Å². The number of pyridine rings is 1. The van der Waals surface area contributed by atoms with E-state index in [2.05, 4.69) is 15.4 Å². The minimum absolute atomic E-state index is 0.212. The van der Waals surface area contributed by atoms with E-state index >= 15 is 0 Å². The maximum absolute atomic E-state index is 13.0. The first-order valence-corrected chi connectivity index (χ1v) is 7.82. The molecule has 0 atom stereocenters. The number of aromatic nitrogens is 3. The van der Waals surface area contributed by atoms with Crippen molar-refractivity contribution in [3.8, 4) is 5.69 Å². The third kappa shape index (κ3) is 2.88. The number of carbonyl (C=O) groups is 1. The van der Waals surface area contributed by atoms with Crippen LogP contribution in [0.3, 0.4) is 0 Å². The van der Waals surface area contributed by atoms with E-state index in [0.29, 0.717) is 30.0 Å². The fourth-order valence-corrected chi connectivity index (χ4v) is 2.75. The molecule has 1 aliphatic rings. The molecular formula is C18H14F2N4O. The lowest BCUT2D eigenvalue weighted by Crippen LogP contribution is -2.29. The Morgan fingerprint density at radius 1 is 1.04 bits per heavy atom. The Morgan fingerprint density at radius 3 is 2.40 bits per heavy atom. The summed E-state index contributed by atoms with van der Waals surface area (Å²) in [7, 11) is 0. The second kappa shape index (κ2) is 5.77. The van der Waals surface area contributed by atoms with E-state index in [9.17, 15) is 13.6 Å². The maximum Gasteiger partial charge on any atom is 0.237 e. The average Bonchev–Trinajstić information content (AvgIpc) is 3.30. The number of halogens is 2. The zero-order chi connectivity index (χ0) is 17.4. The average molecular weight is 340 g/mol. The lowest BCUT2D eigenvalue weighted by molar-refractivity contribution is -0.118. The first-order chi connectivity index (χ1) is 12.1. The molecule has 0 aliphatic heterocycles. The van der Waals surface area contributed by atoms with E-state index in [1.807, 2.05) is 0 Å². The number of amides is 1. The largest absolute Gasteiger partial charge is 0.308 e. The van der Waals surface area contributed by atoms with Gasteiger partial charge in [-0.1, -0.05) is 0 Å². The van der Waals surface area contributed by atoms with Crippen molar-refractivity contribution in [2.24, 2.45) is 0 Å². The molecule has 1 fully saturated rings. The summed E-state index contributed by atoms with van der Waals surface area (Å²) in [6, 6.07) is 10.4. The van der Waals surface area contributed by atoms with Crippen molar-refractivity contribution >= 4 is 11.7 Å². The molecule has 3 aromatic rings. The first-order valence-electron chi connectivity index (χ1n) is 7.82. The number of hydrogen-bond donors (Lipinski definition) is 1. The molecule has 1 amide bonds. The van der Waals surface area contributed by atoms with Crippen molar-refractivity contribution in [3.05, 3.63) is 72.2 Å². The van der Waals surface area contributed by atoms with Crippen molar-refractivity contribution < 1.29 is 13.6 Å². The summed E-state index contributed by atoms with van der Waals surface area (Å²) in [6.07, 6.45) is 4.12. The van der Waals surface area contributed by atoms with Gasteiger partial charge in [0, 0.05) is 12.3 Å². The van der Waals surface area contributed by atoms with Crippen LogP contribution in [0.25, 0.3) is 5.69 Å². The standard InChI is InChI=1S/C18H14F2N4O/c19-12-1-4-14(5-2-12)24-10-7-16(23-24)22-17(25)18(8-9-18)15-6-3-13(20)11-21-15/h1-7,10-11H,8-9H2,(H,22,23,25). The van der Waals surface area contributed by atoms with Crippen molar-refractivity contribution in [3.63, 3.8) is 0 Å². The number of nitrogens with zero attached hydrogens (tertiary/aromatic N) is 3. The molecule has 0 bridgehead atoms. The minimum atomic E-state index is -0.715. The lowest BCUT2D eigenvalue weighted by Gasteiger charge is -2.13. The normalized spacial score (nSPS) is 15.0. The molecule has 1 aliphatic carbocycles. The second-order valence-corrected chi connectivity index (χ2v) is 6.02. The lowest BCUT2D eigenvalue weighted by atomic mass is 10.0. The van der Waals surface area contributed by atoms with Gasteiger partial charge < -0.3 is 5.32 Å². The topological polar surface area (TPSA) is 59.8 Å². The van der Waals surface area contributed by atoms with Crippen LogP contribution in [0, 0.1) is 11.6 Å². The van der Waals surface area contributed by atoms with Crippen molar-refractivity contribution in [1.82, 2.24) is 14.8 Å². The summed E-state index contributed by atoms with van der Waals surface area (Å²) in [6.45, 7) is 0. The van der Waals surface area contributed by atoms with Gasteiger partial charge in [0.15, 0.2) is 5.82 Å². The number of carbonyl (C=O) groups excluding carboxylic acids is 1. The van der Waals surface area contributed by atoms with Gasteiger partial charge in [0.2, 0.25) is 5.91 Å². The molecule has 2 aromatic heterocycles. The van der Waals surface area contributed by atoms with Crippen LogP contribution in [0.5, 0.6) is 0 Å². The molecule has 1 aromatic carbocycles. The maximum atomic E-state index is 13.0. The first kappa shape index (κ1) is 15.4. The molecule has 7 heteroatoms. The zero-order valence-electron chi connectivity index (χ0n) is 13.1. The molecule has 0 radical (unpaired) electrons. The van der Waals surface area contributed by atoms with Crippen molar-refractivity contribution in [2.75, 3.05) is 5.32 Å². The van der Waals surface area contributed by atoms with Gasteiger partial charge >= 0.3 is 0 Å². The fraction of sp³-hybridized carbons (Fsp3) is 0.167. The van der Waals surface area contributed by atoms with E-state index in [-0.39, 0.29) is 11.7 Å². The minimum Gasteiger partial charge on any atom is -0.308 e. The molecule has 0 unspecified atom stereocenters. The molecule has 4 rings (SSSR count). The number of nitrogens with one attached hydrogen (secondary N) is 1. The summed E-state index contributed by atoms with van der Waals surface area (Å²) in [5, 5.41) is 7.06. The highest BCUT2D eigenvalue weighted by molar-refractivity contribution is 6.00. The van der Waals surface area contributed by atoms with Crippen LogP contribution in [0.4, 0.5) is 14.6 Å². The van der Waals surface area contributed by atoms with Gasteiger partial charge in [-0.15, -0.1) is 0 Å². The van der Waals surface area contributed by atoms with Gasteiger partial charge in [-0.05, 0) is 49.2 Å². The molecule has 1 N–H and O–H groups in total. The van der Waals surface area contributed by atoms with Crippen LogP contribution in [0.2, 0.25) is 0 Å². The molecule has 0 spiro atoms. The van der Waals surface area contributed by atoms with Crippen LogP contribution >= 0.6 is 0 Å². The summed E-state index contributed by atoms with van der Waals surface area (Å²) < 4.78 is 27.6. The Hall–Kier alpha value is -3.09. The SMILES string of the molecule is O=C(Nc1ccn(-c2ccc(F)cc2)n1)C1(c2ccc(F)cn2)CC1. The van der Waals surface area contributed by atoms with Crippen LogP contribution in [0.15, 0.2) is 54.9 Å². The molecule has 25 heavy (non-hydrogen) atoms. The summed E-state index contributed by atoms with van der Waals surface area (Å²) >= 11 is 0. The summed E-state index contributed by atoms with van der Waals surface area (Å²) in [5.74, 6) is -0.580. The molecule has 1 saturated carbocycles. The Morgan fingerprint density at radius 2 is 1.76 bits per heavy atom.